The van der Waals surface area contributed by atoms with Gasteiger partial charge in [-0.15, -0.1) is 0 Å². The average molecular weight is 279 g/mol. The van der Waals surface area contributed by atoms with Gasteiger partial charge in [0.15, 0.2) is 0 Å². The second kappa shape index (κ2) is 5.58. The molecule has 0 atom stereocenters. The highest BCUT2D eigenvalue weighted by Gasteiger charge is 2.10. The van der Waals surface area contributed by atoms with Gasteiger partial charge < -0.3 is 5.32 Å². The predicted octanol–water partition coefficient (Wildman–Crippen LogP) is 2.10. The molecule has 0 saturated heterocycles. The van der Waals surface area contributed by atoms with E-state index in [1.54, 1.807) is 18.2 Å². The van der Waals surface area contributed by atoms with Crippen molar-refractivity contribution in [3.8, 4) is 0 Å². The summed E-state index contributed by atoms with van der Waals surface area (Å²) in [5.74, 6) is -0.175. The molecule has 0 bridgehead atoms. The predicted molar refractivity (Wildman–Crippen MR) is 81.1 cm³/mol. The Hall–Kier alpha value is -2.95. The van der Waals surface area contributed by atoms with E-state index in [1.165, 1.54) is 0 Å². The lowest BCUT2D eigenvalue weighted by Gasteiger charge is -2.06. The summed E-state index contributed by atoms with van der Waals surface area (Å²) in [5, 5.41) is 10.5. The number of rotatable bonds is 3. The Morgan fingerprint density at radius 2 is 1.67 bits per heavy atom. The first-order chi connectivity index (χ1) is 10.2. The molecule has 0 spiro atoms. The van der Waals surface area contributed by atoms with Gasteiger partial charge in [0.1, 0.15) is 0 Å². The van der Waals surface area contributed by atoms with Crippen LogP contribution in [0, 0.1) is 0 Å². The van der Waals surface area contributed by atoms with Crippen LogP contribution in [0.4, 0.5) is 5.69 Å². The maximum atomic E-state index is 12.1. The monoisotopic (exact) mass is 279 g/mol. The van der Waals surface area contributed by atoms with E-state index in [2.05, 4.69) is 15.5 Å². The van der Waals surface area contributed by atoms with Crippen molar-refractivity contribution >= 4 is 22.4 Å². The second-order valence-corrected chi connectivity index (χ2v) is 4.64. The Balaban J connectivity index is 1.87. The molecule has 1 aromatic heterocycles. The van der Waals surface area contributed by atoms with E-state index in [0.717, 1.165) is 5.69 Å². The Morgan fingerprint density at radius 1 is 1.00 bits per heavy atom. The molecule has 3 aromatic rings. The Bertz CT molecular complexity index is 841. The van der Waals surface area contributed by atoms with E-state index in [1.807, 2.05) is 36.4 Å². The van der Waals surface area contributed by atoms with Crippen molar-refractivity contribution in [1.82, 2.24) is 10.2 Å². The molecule has 0 unspecified atom stereocenters. The summed E-state index contributed by atoms with van der Waals surface area (Å²) < 4.78 is 0. The van der Waals surface area contributed by atoms with Gasteiger partial charge >= 0.3 is 0 Å². The molecule has 0 radical (unpaired) electrons. The average Bonchev–Trinajstić information content (AvgIpc) is 2.51. The third-order valence-electron chi connectivity index (χ3n) is 3.16. The lowest BCUT2D eigenvalue weighted by molar-refractivity contribution is -0.115. The normalized spacial score (nSPS) is 10.5. The van der Waals surface area contributed by atoms with Crippen molar-refractivity contribution in [3.05, 3.63) is 70.6 Å². The van der Waals surface area contributed by atoms with Crippen LogP contribution in [-0.2, 0) is 11.2 Å². The van der Waals surface area contributed by atoms with Crippen LogP contribution in [0.15, 0.2) is 59.4 Å². The van der Waals surface area contributed by atoms with Crippen LogP contribution in [0.3, 0.4) is 0 Å². The molecular formula is C16H13N3O2. The fraction of sp³-hybridized carbons (Fsp3) is 0.0625. The summed E-state index contributed by atoms with van der Waals surface area (Å²) in [6.07, 6.45) is 0.103. The molecule has 0 aliphatic rings. The number of aromatic amines is 1. The van der Waals surface area contributed by atoms with Crippen LogP contribution >= 0.6 is 0 Å². The van der Waals surface area contributed by atoms with Gasteiger partial charge in [-0.3, -0.25) is 9.59 Å². The van der Waals surface area contributed by atoms with Crippen LogP contribution in [-0.4, -0.2) is 16.1 Å². The minimum atomic E-state index is -0.252. The Labute approximate surface area is 120 Å². The van der Waals surface area contributed by atoms with E-state index in [-0.39, 0.29) is 17.9 Å². The van der Waals surface area contributed by atoms with Gasteiger partial charge in [-0.05, 0) is 18.2 Å². The maximum absolute atomic E-state index is 12.1. The van der Waals surface area contributed by atoms with Crippen LogP contribution in [0.5, 0.6) is 0 Å². The molecule has 1 heterocycles. The molecule has 5 heteroatoms. The number of carbonyl (C=O) groups is 1. The highest BCUT2D eigenvalue weighted by Crippen LogP contribution is 2.13. The second-order valence-electron chi connectivity index (χ2n) is 4.64. The number of fused-ring (bicyclic) bond motifs is 1. The SMILES string of the molecule is O=C(Cc1n[nH]c(=O)c2ccccc12)Nc1ccccc1. The van der Waals surface area contributed by atoms with Gasteiger partial charge in [0.2, 0.25) is 5.91 Å². The molecule has 2 N–H and O–H groups in total. The van der Waals surface area contributed by atoms with Crippen LogP contribution in [0.25, 0.3) is 10.8 Å². The number of anilines is 1. The molecule has 104 valence electrons. The zero-order valence-corrected chi connectivity index (χ0v) is 11.2. The van der Waals surface area contributed by atoms with E-state index >= 15 is 0 Å². The molecule has 0 fully saturated rings. The van der Waals surface area contributed by atoms with E-state index in [4.69, 9.17) is 0 Å². The lowest BCUT2D eigenvalue weighted by atomic mass is 10.1. The molecule has 2 aromatic carbocycles. The Morgan fingerprint density at radius 3 is 2.43 bits per heavy atom. The topological polar surface area (TPSA) is 74.8 Å². The Kier molecular flexibility index (Phi) is 3.47. The summed E-state index contributed by atoms with van der Waals surface area (Å²) >= 11 is 0. The molecule has 3 rings (SSSR count). The minimum Gasteiger partial charge on any atom is -0.326 e. The van der Waals surface area contributed by atoms with Gasteiger partial charge in [-0.25, -0.2) is 5.10 Å². The van der Waals surface area contributed by atoms with E-state index in [9.17, 15) is 9.59 Å². The molecular weight excluding hydrogens is 266 g/mol. The van der Waals surface area contributed by atoms with Gasteiger partial charge in [0.25, 0.3) is 5.56 Å². The molecule has 0 saturated carbocycles. The maximum Gasteiger partial charge on any atom is 0.272 e. The number of benzene rings is 2. The first kappa shape index (κ1) is 13.1. The number of para-hydroxylation sites is 1. The third-order valence-corrected chi connectivity index (χ3v) is 3.16. The standard InChI is InChI=1S/C16H13N3O2/c20-15(17-11-6-2-1-3-7-11)10-14-12-8-4-5-9-13(12)16(21)19-18-14/h1-9H,10H2,(H,17,20)(H,19,21). The fourth-order valence-corrected chi connectivity index (χ4v) is 2.18. The van der Waals surface area contributed by atoms with Gasteiger partial charge in [0.05, 0.1) is 17.5 Å². The highest BCUT2D eigenvalue weighted by molar-refractivity contribution is 5.95. The van der Waals surface area contributed by atoms with Crippen molar-refractivity contribution in [2.45, 2.75) is 6.42 Å². The number of carbonyl (C=O) groups excluding carboxylic acids is 1. The van der Waals surface area contributed by atoms with Gasteiger partial charge in [-0.1, -0.05) is 36.4 Å². The largest absolute Gasteiger partial charge is 0.326 e. The van der Waals surface area contributed by atoms with Crippen LogP contribution in [0.1, 0.15) is 5.69 Å². The first-order valence-electron chi connectivity index (χ1n) is 6.55. The minimum absolute atomic E-state index is 0.103. The summed E-state index contributed by atoms with van der Waals surface area (Å²) in [6.45, 7) is 0. The number of amides is 1. The summed E-state index contributed by atoms with van der Waals surface area (Å²) in [5.41, 5.74) is 1.03. The van der Waals surface area contributed by atoms with Crippen LogP contribution < -0.4 is 10.9 Å². The number of nitrogens with one attached hydrogen (secondary N) is 2. The van der Waals surface area contributed by atoms with Gasteiger partial charge in [-0.2, -0.15) is 5.10 Å². The molecule has 0 aliphatic carbocycles. The molecule has 5 nitrogen and oxygen atoms in total. The highest BCUT2D eigenvalue weighted by atomic mass is 16.1. The zero-order chi connectivity index (χ0) is 14.7. The fourth-order valence-electron chi connectivity index (χ4n) is 2.18. The number of hydrogen-bond donors (Lipinski definition) is 2. The first-order valence-corrected chi connectivity index (χ1v) is 6.55. The van der Waals surface area contributed by atoms with Crippen molar-refractivity contribution < 1.29 is 4.79 Å². The number of H-pyrrole nitrogens is 1. The zero-order valence-electron chi connectivity index (χ0n) is 11.2. The van der Waals surface area contributed by atoms with Gasteiger partial charge in [0, 0.05) is 11.1 Å². The summed E-state index contributed by atoms with van der Waals surface area (Å²) in [7, 11) is 0. The molecule has 0 aliphatic heterocycles. The quantitative estimate of drug-likeness (QED) is 0.771. The number of nitrogens with zero attached hydrogens (tertiary/aromatic N) is 1. The summed E-state index contributed by atoms with van der Waals surface area (Å²) in [4.78, 5) is 23.8. The van der Waals surface area contributed by atoms with E-state index < -0.39 is 0 Å². The van der Waals surface area contributed by atoms with Crippen molar-refractivity contribution in [3.63, 3.8) is 0 Å². The summed E-state index contributed by atoms with van der Waals surface area (Å²) in [6, 6.07) is 16.3. The van der Waals surface area contributed by atoms with Crippen LogP contribution in [0.2, 0.25) is 0 Å². The third kappa shape index (κ3) is 2.81. The number of hydrogen-bond acceptors (Lipinski definition) is 3. The number of aromatic nitrogens is 2. The van der Waals surface area contributed by atoms with Crippen molar-refractivity contribution in [2.24, 2.45) is 0 Å². The van der Waals surface area contributed by atoms with E-state index in [0.29, 0.717) is 16.5 Å². The molecule has 21 heavy (non-hydrogen) atoms. The smallest absolute Gasteiger partial charge is 0.272 e. The molecule has 1 amide bonds. The lowest BCUT2D eigenvalue weighted by Crippen LogP contribution is -2.18. The van der Waals surface area contributed by atoms with Crippen molar-refractivity contribution in [2.75, 3.05) is 5.32 Å². The van der Waals surface area contributed by atoms with Crippen molar-refractivity contribution in [1.29, 1.82) is 0 Å².